The van der Waals surface area contributed by atoms with Gasteiger partial charge in [0.05, 0.1) is 13.2 Å². The van der Waals surface area contributed by atoms with Gasteiger partial charge in [0.1, 0.15) is 5.75 Å². The fourth-order valence-corrected chi connectivity index (χ4v) is 2.82. The van der Waals surface area contributed by atoms with Gasteiger partial charge in [-0.25, -0.2) is 0 Å². The molecule has 0 saturated heterocycles. The lowest BCUT2D eigenvalue weighted by Crippen LogP contribution is -2.18. The largest absolute Gasteiger partial charge is 0.496 e. The lowest BCUT2D eigenvalue weighted by atomic mass is 9.95. The van der Waals surface area contributed by atoms with Crippen molar-refractivity contribution in [3.05, 3.63) is 64.7 Å². The van der Waals surface area contributed by atoms with E-state index in [0.717, 1.165) is 12.2 Å². The molecule has 2 aromatic rings. The molecule has 0 aromatic heterocycles. The van der Waals surface area contributed by atoms with Crippen LogP contribution in [0.25, 0.3) is 0 Å². The second kappa shape index (κ2) is 7.28. The van der Waals surface area contributed by atoms with Gasteiger partial charge >= 0.3 is 0 Å². The first kappa shape index (κ1) is 15.6. The van der Waals surface area contributed by atoms with Gasteiger partial charge in [0.25, 0.3) is 0 Å². The van der Waals surface area contributed by atoms with Crippen LogP contribution in [0, 0.1) is 6.92 Å². The Morgan fingerprint density at radius 1 is 1.10 bits per heavy atom. The van der Waals surface area contributed by atoms with Gasteiger partial charge in [-0.1, -0.05) is 49.7 Å². The van der Waals surface area contributed by atoms with Crippen LogP contribution in [0.3, 0.4) is 0 Å². The van der Waals surface area contributed by atoms with E-state index in [1.54, 1.807) is 7.11 Å². The van der Waals surface area contributed by atoms with Gasteiger partial charge in [0.2, 0.25) is 0 Å². The maximum atomic E-state index is 5.35. The van der Waals surface area contributed by atoms with Crippen molar-refractivity contribution < 1.29 is 4.74 Å². The molecule has 0 aliphatic rings. The van der Waals surface area contributed by atoms with Crippen molar-refractivity contribution in [2.45, 2.75) is 32.7 Å². The van der Waals surface area contributed by atoms with E-state index in [2.05, 4.69) is 55.6 Å². The molecule has 0 spiro atoms. The first-order valence-corrected chi connectivity index (χ1v) is 7.60. The Kier molecular flexibility index (Phi) is 5.40. The highest BCUT2D eigenvalue weighted by atomic mass is 16.5. The highest BCUT2D eigenvalue weighted by molar-refractivity contribution is 5.41. The summed E-state index contributed by atoms with van der Waals surface area (Å²) in [5.41, 5.74) is 5.15. The van der Waals surface area contributed by atoms with Gasteiger partial charge in [0, 0.05) is 0 Å². The third kappa shape index (κ3) is 3.64. The minimum atomic E-state index is 0.214. The van der Waals surface area contributed by atoms with Crippen LogP contribution in [0.2, 0.25) is 0 Å². The molecule has 0 aliphatic carbocycles. The normalized spacial score (nSPS) is 12.2. The van der Waals surface area contributed by atoms with Crippen LogP contribution >= 0.6 is 0 Å². The van der Waals surface area contributed by atoms with Crippen molar-refractivity contribution in [3.63, 3.8) is 0 Å². The Hall–Kier alpha value is -1.80. The molecule has 2 rings (SSSR count). The number of hydrogen-bond acceptors (Lipinski definition) is 2. The Labute approximate surface area is 128 Å². The highest BCUT2D eigenvalue weighted by Gasteiger charge is 2.13. The summed E-state index contributed by atoms with van der Waals surface area (Å²) in [5, 5.41) is 3.43. The first-order valence-electron chi connectivity index (χ1n) is 7.60. The summed E-state index contributed by atoms with van der Waals surface area (Å²) in [6.45, 7) is 4.30. The molecule has 2 aromatic carbocycles. The topological polar surface area (TPSA) is 21.3 Å². The van der Waals surface area contributed by atoms with Crippen LogP contribution in [0.5, 0.6) is 5.75 Å². The van der Waals surface area contributed by atoms with E-state index < -0.39 is 0 Å². The van der Waals surface area contributed by atoms with Crippen molar-refractivity contribution >= 4 is 0 Å². The van der Waals surface area contributed by atoms with Crippen molar-refractivity contribution in [1.29, 1.82) is 0 Å². The monoisotopic (exact) mass is 283 g/mol. The predicted octanol–water partition coefficient (Wildman–Crippen LogP) is 4.26. The van der Waals surface area contributed by atoms with Crippen molar-refractivity contribution in [2.24, 2.45) is 0 Å². The molecule has 0 heterocycles. The van der Waals surface area contributed by atoms with Crippen LogP contribution in [0.4, 0.5) is 0 Å². The van der Waals surface area contributed by atoms with Crippen LogP contribution in [0.15, 0.2) is 42.5 Å². The average molecular weight is 283 g/mol. The number of benzene rings is 2. The number of hydrogen-bond donors (Lipinski definition) is 1. The van der Waals surface area contributed by atoms with E-state index in [-0.39, 0.29) is 6.04 Å². The fourth-order valence-electron chi connectivity index (χ4n) is 2.82. The molecule has 0 radical (unpaired) electrons. The van der Waals surface area contributed by atoms with Crippen molar-refractivity contribution in [3.8, 4) is 5.75 Å². The van der Waals surface area contributed by atoms with E-state index in [1.165, 1.54) is 28.7 Å². The third-order valence-corrected chi connectivity index (χ3v) is 3.86. The van der Waals surface area contributed by atoms with Gasteiger partial charge < -0.3 is 10.1 Å². The minimum absolute atomic E-state index is 0.214. The van der Waals surface area contributed by atoms with Gasteiger partial charge in [-0.05, 0) is 48.7 Å². The van der Waals surface area contributed by atoms with E-state index in [4.69, 9.17) is 4.74 Å². The third-order valence-electron chi connectivity index (χ3n) is 3.86. The zero-order chi connectivity index (χ0) is 15.2. The molecule has 1 atom stereocenters. The fraction of sp³-hybridized carbons (Fsp3) is 0.368. The molecule has 112 valence electrons. The maximum absolute atomic E-state index is 5.35. The zero-order valence-electron chi connectivity index (χ0n) is 13.4. The summed E-state index contributed by atoms with van der Waals surface area (Å²) >= 11 is 0. The molecular weight excluding hydrogens is 258 g/mol. The summed E-state index contributed by atoms with van der Waals surface area (Å²) in [6, 6.07) is 15.5. The highest BCUT2D eigenvalue weighted by Crippen LogP contribution is 2.27. The molecule has 1 unspecified atom stereocenters. The van der Waals surface area contributed by atoms with Crippen LogP contribution in [-0.2, 0) is 6.42 Å². The summed E-state index contributed by atoms with van der Waals surface area (Å²) in [4.78, 5) is 0. The SMILES string of the molecule is CCCc1cccc(C(NC)c2ccc(OC)c(C)c2)c1. The second-order valence-corrected chi connectivity index (χ2v) is 5.45. The Morgan fingerprint density at radius 3 is 2.48 bits per heavy atom. The molecule has 0 saturated carbocycles. The van der Waals surface area contributed by atoms with E-state index in [1.807, 2.05) is 13.1 Å². The molecule has 0 amide bonds. The van der Waals surface area contributed by atoms with Gasteiger partial charge in [-0.3, -0.25) is 0 Å². The Morgan fingerprint density at radius 2 is 1.86 bits per heavy atom. The average Bonchev–Trinajstić information content (AvgIpc) is 2.49. The summed E-state index contributed by atoms with van der Waals surface area (Å²) in [5.74, 6) is 0.938. The van der Waals surface area contributed by atoms with Gasteiger partial charge in [-0.15, -0.1) is 0 Å². The van der Waals surface area contributed by atoms with E-state index >= 15 is 0 Å². The molecular formula is C19H25NO. The smallest absolute Gasteiger partial charge is 0.121 e. The number of ether oxygens (including phenoxy) is 1. The lowest BCUT2D eigenvalue weighted by molar-refractivity contribution is 0.411. The van der Waals surface area contributed by atoms with E-state index in [0.29, 0.717) is 0 Å². The Bertz CT molecular complexity index is 592. The summed E-state index contributed by atoms with van der Waals surface area (Å²) in [6.07, 6.45) is 2.31. The molecule has 0 aliphatic heterocycles. The van der Waals surface area contributed by atoms with Crippen molar-refractivity contribution in [2.75, 3.05) is 14.2 Å². The predicted molar refractivity (Wildman–Crippen MR) is 89.1 cm³/mol. The van der Waals surface area contributed by atoms with Crippen LogP contribution in [0.1, 0.15) is 41.6 Å². The molecule has 1 N–H and O–H groups in total. The lowest BCUT2D eigenvalue weighted by Gasteiger charge is -2.19. The number of rotatable bonds is 6. The zero-order valence-corrected chi connectivity index (χ0v) is 13.4. The van der Waals surface area contributed by atoms with Crippen LogP contribution in [-0.4, -0.2) is 14.2 Å². The molecule has 2 heteroatoms. The van der Waals surface area contributed by atoms with Gasteiger partial charge in [0.15, 0.2) is 0 Å². The molecule has 0 fully saturated rings. The molecule has 21 heavy (non-hydrogen) atoms. The minimum Gasteiger partial charge on any atom is -0.496 e. The standard InChI is InChI=1S/C19H25NO/c1-5-7-15-8-6-9-16(13-15)19(20-3)17-10-11-18(21-4)14(2)12-17/h6,8-13,19-20H,5,7H2,1-4H3. The molecule has 0 bridgehead atoms. The van der Waals surface area contributed by atoms with E-state index in [9.17, 15) is 0 Å². The van der Waals surface area contributed by atoms with Crippen LogP contribution < -0.4 is 10.1 Å². The summed E-state index contributed by atoms with van der Waals surface area (Å²) < 4.78 is 5.35. The number of nitrogens with one attached hydrogen (secondary N) is 1. The molecule has 2 nitrogen and oxygen atoms in total. The maximum Gasteiger partial charge on any atom is 0.121 e. The number of methoxy groups -OCH3 is 1. The second-order valence-electron chi connectivity index (χ2n) is 5.45. The number of aryl methyl sites for hydroxylation is 2. The summed E-state index contributed by atoms with van der Waals surface area (Å²) in [7, 11) is 3.72. The quantitative estimate of drug-likeness (QED) is 0.855. The van der Waals surface area contributed by atoms with Crippen molar-refractivity contribution in [1.82, 2.24) is 5.32 Å². The first-order chi connectivity index (χ1) is 10.2. The van der Waals surface area contributed by atoms with Gasteiger partial charge in [-0.2, -0.15) is 0 Å². The Balaban J connectivity index is 2.34.